The molecule has 6 nitrogen and oxygen atoms in total. The molecule has 0 amide bonds. The molecular weight excluding hydrogens is 461 g/mol. The molecule has 3 rings (SSSR count). The second-order valence-corrected chi connectivity index (χ2v) is 9.69. The van der Waals surface area contributed by atoms with Crippen molar-refractivity contribution in [2.75, 3.05) is 13.7 Å². The molecule has 1 heterocycles. The number of carbonyl (C=O) groups excluding carboxylic acids is 1. The Labute approximate surface area is 203 Å². The molecule has 1 aliphatic carbocycles. The summed E-state index contributed by atoms with van der Waals surface area (Å²) in [5, 5.41) is 22.4. The van der Waals surface area contributed by atoms with E-state index in [4.69, 9.17) is 5.21 Å². The molecule has 2 aliphatic rings. The van der Waals surface area contributed by atoms with Gasteiger partial charge in [-0.25, -0.2) is 18.0 Å². The van der Waals surface area contributed by atoms with Crippen LogP contribution in [0.1, 0.15) is 50.8 Å². The van der Waals surface area contributed by atoms with Crippen molar-refractivity contribution in [3.63, 3.8) is 0 Å². The van der Waals surface area contributed by atoms with Crippen LogP contribution >= 0.6 is 0 Å². The number of esters is 1. The van der Waals surface area contributed by atoms with E-state index in [0.717, 1.165) is 24.4 Å². The van der Waals surface area contributed by atoms with Gasteiger partial charge >= 0.3 is 5.97 Å². The number of methoxy groups -OCH3 is 1. The molecule has 4 unspecified atom stereocenters. The monoisotopic (exact) mass is 492 g/mol. The summed E-state index contributed by atoms with van der Waals surface area (Å²) in [6.07, 6.45) is 7.56. The van der Waals surface area contributed by atoms with Gasteiger partial charge in [0.15, 0.2) is 0 Å². The van der Waals surface area contributed by atoms with Crippen molar-refractivity contribution in [3.8, 4) is 0 Å². The molecule has 1 aliphatic heterocycles. The number of piperidine rings is 1. The predicted octanol–water partition coefficient (Wildman–Crippen LogP) is 5.50. The molecule has 4 atom stereocenters. The molecular formula is C26H31F3N2O4. The van der Waals surface area contributed by atoms with Gasteiger partial charge in [-0.15, -0.1) is 0 Å². The van der Waals surface area contributed by atoms with Crippen LogP contribution in [0.2, 0.25) is 0 Å². The zero-order valence-electron chi connectivity index (χ0n) is 20.2. The lowest BCUT2D eigenvalue weighted by molar-refractivity contribution is -0.134. The van der Waals surface area contributed by atoms with Gasteiger partial charge in [0, 0.05) is 35.8 Å². The third kappa shape index (κ3) is 6.14. The molecule has 1 aromatic carbocycles. The fraction of sp³-hybridized carbons (Fsp3) is 0.462. The first-order chi connectivity index (χ1) is 16.4. The predicted molar refractivity (Wildman–Crippen MR) is 127 cm³/mol. The number of benzene rings is 1. The molecule has 0 spiro atoms. The summed E-state index contributed by atoms with van der Waals surface area (Å²) in [7, 11) is 1.20. The van der Waals surface area contributed by atoms with E-state index in [1.807, 2.05) is 6.92 Å². The Morgan fingerprint density at radius 3 is 2.54 bits per heavy atom. The fourth-order valence-electron chi connectivity index (χ4n) is 5.09. The molecule has 2 N–H and O–H groups in total. The van der Waals surface area contributed by atoms with Gasteiger partial charge in [0.2, 0.25) is 0 Å². The molecule has 0 radical (unpaired) electrons. The lowest BCUT2D eigenvalue weighted by Gasteiger charge is -2.50. The first-order valence-corrected chi connectivity index (χ1v) is 11.4. The number of alkyl halides is 1. The van der Waals surface area contributed by atoms with Crippen molar-refractivity contribution < 1.29 is 33.0 Å². The van der Waals surface area contributed by atoms with E-state index >= 15 is 8.78 Å². The minimum atomic E-state index is -1.62. The van der Waals surface area contributed by atoms with Crippen molar-refractivity contribution >= 4 is 18.3 Å². The largest absolute Gasteiger partial charge is 0.508 e. The number of fused-ring (bicyclic) bond motifs is 1. The lowest BCUT2D eigenvalue weighted by atomic mass is 9.72. The number of allylic oxidation sites excluding steroid dienone is 3. The molecule has 9 heteroatoms. The summed E-state index contributed by atoms with van der Waals surface area (Å²) < 4.78 is 50.4. The number of oxime groups is 1. The third-order valence-electron chi connectivity index (χ3n) is 6.53. The average Bonchev–Trinajstić information content (AvgIpc) is 2.91. The lowest BCUT2D eigenvalue weighted by Crippen LogP contribution is -2.52. The standard InChI is InChI=1S/C26H31F3N2O4/c1-15-9-17-12-18(13-30-34)22(32)7-6-19(17)25(31(15)14-26(2,3)29)24-20(27)10-16(11-21(24)28)5-8-23(33)35-4/h5,7-8,10-13,15,17,19,25,32,34H,6,9,14H2,1-4H3/b8-5+,30-13+. The van der Waals surface area contributed by atoms with Gasteiger partial charge < -0.3 is 15.1 Å². The summed E-state index contributed by atoms with van der Waals surface area (Å²) in [5.41, 5.74) is -1.35. The summed E-state index contributed by atoms with van der Waals surface area (Å²) in [5.74, 6) is -2.99. The van der Waals surface area contributed by atoms with Gasteiger partial charge in [0.05, 0.1) is 13.3 Å². The van der Waals surface area contributed by atoms with Gasteiger partial charge in [0.1, 0.15) is 23.1 Å². The minimum absolute atomic E-state index is 0.0463. The zero-order valence-corrected chi connectivity index (χ0v) is 20.2. The van der Waals surface area contributed by atoms with Gasteiger partial charge in [-0.2, -0.15) is 0 Å². The van der Waals surface area contributed by atoms with Gasteiger partial charge in [-0.05, 0) is 75.3 Å². The Kier molecular flexibility index (Phi) is 8.10. The number of hydrogen-bond acceptors (Lipinski definition) is 6. The van der Waals surface area contributed by atoms with E-state index in [-0.39, 0.29) is 47.7 Å². The van der Waals surface area contributed by atoms with Gasteiger partial charge in [-0.1, -0.05) is 11.2 Å². The summed E-state index contributed by atoms with van der Waals surface area (Å²) in [6, 6.07) is 1.20. The highest BCUT2D eigenvalue weighted by atomic mass is 19.1. The Bertz CT molecular complexity index is 1050. The molecule has 0 aromatic heterocycles. The quantitative estimate of drug-likeness (QED) is 0.180. The highest BCUT2D eigenvalue weighted by molar-refractivity contribution is 5.87. The van der Waals surface area contributed by atoms with E-state index in [0.29, 0.717) is 12.0 Å². The zero-order chi connectivity index (χ0) is 25.9. The van der Waals surface area contributed by atoms with Crippen LogP contribution in [0.15, 0.2) is 46.8 Å². The van der Waals surface area contributed by atoms with Crippen molar-refractivity contribution in [1.82, 2.24) is 4.90 Å². The second-order valence-electron chi connectivity index (χ2n) is 9.69. The third-order valence-corrected chi connectivity index (χ3v) is 6.53. The summed E-state index contributed by atoms with van der Waals surface area (Å²) >= 11 is 0. The van der Waals surface area contributed by atoms with Crippen LogP contribution in [0.25, 0.3) is 6.08 Å². The van der Waals surface area contributed by atoms with E-state index in [1.165, 1.54) is 33.1 Å². The van der Waals surface area contributed by atoms with E-state index < -0.39 is 29.3 Å². The number of halogens is 3. The highest BCUT2D eigenvalue weighted by Gasteiger charge is 2.45. The van der Waals surface area contributed by atoms with E-state index in [9.17, 15) is 14.3 Å². The van der Waals surface area contributed by atoms with Crippen molar-refractivity contribution in [2.24, 2.45) is 17.0 Å². The number of likely N-dealkylation sites (tertiary alicyclic amines) is 1. The maximum Gasteiger partial charge on any atom is 0.330 e. The second kappa shape index (κ2) is 10.7. The topological polar surface area (TPSA) is 82.4 Å². The molecule has 1 saturated heterocycles. The Hall–Kier alpha value is -3.07. The van der Waals surface area contributed by atoms with Gasteiger partial charge in [-0.3, -0.25) is 4.90 Å². The number of carbonyl (C=O) groups is 1. The first kappa shape index (κ1) is 26.5. The maximum absolute atomic E-state index is 15.5. The van der Waals surface area contributed by atoms with Crippen molar-refractivity contribution in [2.45, 2.75) is 51.4 Å². The summed E-state index contributed by atoms with van der Waals surface area (Å²) in [4.78, 5) is 13.2. The van der Waals surface area contributed by atoms with E-state index in [2.05, 4.69) is 9.89 Å². The van der Waals surface area contributed by atoms with Crippen LogP contribution in [-0.2, 0) is 9.53 Å². The molecule has 0 saturated carbocycles. The first-order valence-electron chi connectivity index (χ1n) is 11.4. The maximum atomic E-state index is 15.5. The summed E-state index contributed by atoms with van der Waals surface area (Å²) in [6.45, 7) is 4.68. The van der Waals surface area contributed by atoms with Gasteiger partial charge in [0.25, 0.3) is 0 Å². The number of ether oxygens (including phenoxy) is 1. The Morgan fingerprint density at radius 1 is 1.31 bits per heavy atom. The number of aliphatic hydroxyl groups excluding tert-OH is 1. The van der Waals surface area contributed by atoms with Crippen LogP contribution < -0.4 is 0 Å². The number of nitrogens with zero attached hydrogens (tertiary/aromatic N) is 2. The molecule has 0 bridgehead atoms. The Morgan fingerprint density at radius 2 is 1.97 bits per heavy atom. The number of aliphatic hydroxyl groups is 1. The number of rotatable bonds is 6. The van der Waals surface area contributed by atoms with Crippen molar-refractivity contribution in [3.05, 3.63) is 64.5 Å². The van der Waals surface area contributed by atoms with Crippen LogP contribution in [0.3, 0.4) is 0 Å². The molecule has 1 fully saturated rings. The average molecular weight is 493 g/mol. The normalized spacial score (nSPS) is 25.8. The van der Waals surface area contributed by atoms with E-state index in [1.54, 1.807) is 11.0 Å². The highest BCUT2D eigenvalue weighted by Crippen LogP contribution is 2.48. The molecule has 1 aromatic rings. The minimum Gasteiger partial charge on any atom is -0.508 e. The van der Waals surface area contributed by atoms with Crippen molar-refractivity contribution in [1.29, 1.82) is 0 Å². The molecule has 190 valence electrons. The van der Waals surface area contributed by atoms with Crippen LogP contribution in [-0.4, -0.2) is 52.8 Å². The van der Waals surface area contributed by atoms with Crippen LogP contribution in [0.5, 0.6) is 0 Å². The van der Waals surface area contributed by atoms with Crippen LogP contribution in [0, 0.1) is 23.5 Å². The van der Waals surface area contributed by atoms with Crippen LogP contribution in [0.4, 0.5) is 13.2 Å². The number of hydrogen-bond donors (Lipinski definition) is 2. The fourth-order valence-corrected chi connectivity index (χ4v) is 5.09. The Balaban J connectivity index is 2.13. The molecule has 35 heavy (non-hydrogen) atoms. The SMILES string of the molecule is COC(=O)/C=C/c1cc(F)c(C2C3CC=C(O)C(/C=N/O)=CC3CC(C)N2CC(C)(C)F)c(F)c1. The smallest absolute Gasteiger partial charge is 0.330 e.